The van der Waals surface area contributed by atoms with Gasteiger partial charge in [0.25, 0.3) is 0 Å². The molecule has 1 heterocycles. The zero-order valence-electron chi connectivity index (χ0n) is 10.4. The first-order valence-corrected chi connectivity index (χ1v) is 7.90. The minimum atomic E-state index is 0.0247. The fourth-order valence-corrected chi connectivity index (χ4v) is 3.08. The second kappa shape index (κ2) is 6.75. The van der Waals surface area contributed by atoms with Crippen LogP contribution in [-0.4, -0.2) is 11.0 Å². The summed E-state index contributed by atoms with van der Waals surface area (Å²) in [5.41, 5.74) is 7.25. The van der Waals surface area contributed by atoms with E-state index in [9.17, 15) is 0 Å². The molecule has 0 saturated heterocycles. The minimum Gasteiger partial charge on any atom is -0.327 e. The second-order valence-electron chi connectivity index (χ2n) is 4.26. The maximum absolute atomic E-state index is 6.09. The van der Waals surface area contributed by atoms with Crippen LogP contribution in [0.1, 0.15) is 17.7 Å². The first-order valence-electron chi connectivity index (χ1n) is 5.85. The van der Waals surface area contributed by atoms with E-state index in [0.717, 1.165) is 20.1 Å². The zero-order chi connectivity index (χ0) is 13.8. The van der Waals surface area contributed by atoms with E-state index in [1.807, 2.05) is 43.3 Å². The molecule has 5 heteroatoms. The van der Waals surface area contributed by atoms with Crippen LogP contribution in [0.3, 0.4) is 0 Å². The van der Waals surface area contributed by atoms with Gasteiger partial charge in [0, 0.05) is 21.7 Å². The van der Waals surface area contributed by atoms with Crippen molar-refractivity contribution in [1.82, 2.24) is 4.98 Å². The van der Waals surface area contributed by atoms with E-state index in [4.69, 9.17) is 17.3 Å². The lowest BCUT2D eigenvalue weighted by molar-refractivity contribution is 0.720. The van der Waals surface area contributed by atoms with Crippen LogP contribution >= 0.6 is 39.3 Å². The van der Waals surface area contributed by atoms with Crippen molar-refractivity contribution >= 4 is 39.3 Å². The Morgan fingerprint density at radius 1 is 1.21 bits per heavy atom. The van der Waals surface area contributed by atoms with Gasteiger partial charge < -0.3 is 5.73 Å². The lowest BCUT2D eigenvalue weighted by Gasteiger charge is -2.20. The summed E-state index contributed by atoms with van der Waals surface area (Å²) in [4.78, 5) is 4.38. The first kappa shape index (κ1) is 14.9. The third kappa shape index (κ3) is 4.21. The number of hydrogen-bond acceptors (Lipinski definition) is 3. The molecule has 2 N–H and O–H groups in total. The summed E-state index contributed by atoms with van der Waals surface area (Å²) in [5.74, 6) is 0. The van der Waals surface area contributed by atoms with Gasteiger partial charge in [-0.05, 0) is 52.7 Å². The molecule has 0 fully saturated rings. The van der Waals surface area contributed by atoms with E-state index in [1.54, 1.807) is 18.0 Å². The molecule has 100 valence electrons. The van der Waals surface area contributed by atoms with Crippen LogP contribution < -0.4 is 5.73 Å². The monoisotopic (exact) mass is 356 g/mol. The van der Waals surface area contributed by atoms with Crippen LogP contribution in [-0.2, 0) is 0 Å². The Hall–Kier alpha value is -0.550. The first-order chi connectivity index (χ1) is 9.06. The summed E-state index contributed by atoms with van der Waals surface area (Å²) in [6.07, 6.45) is 1.79. The summed E-state index contributed by atoms with van der Waals surface area (Å²) in [5, 5.41) is 1.85. The smallest absolute Gasteiger partial charge is 0.0967 e. The number of rotatable bonds is 4. The average molecular weight is 358 g/mol. The molecule has 2 atom stereocenters. The Morgan fingerprint density at radius 3 is 2.42 bits per heavy atom. The lowest BCUT2D eigenvalue weighted by Crippen LogP contribution is -2.22. The molecule has 0 aliphatic heterocycles. The van der Waals surface area contributed by atoms with Gasteiger partial charge in [-0.15, -0.1) is 0 Å². The van der Waals surface area contributed by atoms with Crippen molar-refractivity contribution in [3.63, 3.8) is 0 Å². The molecule has 2 unspecified atom stereocenters. The van der Waals surface area contributed by atoms with Crippen LogP contribution in [0.4, 0.5) is 0 Å². The SMILES string of the molecule is CC(N)C(Sc1ccc(Br)cn1)c1ccc(Cl)cc1. The quantitative estimate of drug-likeness (QED) is 0.808. The lowest BCUT2D eigenvalue weighted by atomic mass is 10.1. The van der Waals surface area contributed by atoms with Gasteiger partial charge in [0.15, 0.2) is 0 Å². The number of nitrogens with two attached hydrogens (primary N) is 1. The van der Waals surface area contributed by atoms with Crippen LogP contribution in [0.25, 0.3) is 0 Å². The van der Waals surface area contributed by atoms with Crippen LogP contribution in [0.15, 0.2) is 52.1 Å². The van der Waals surface area contributed by atoms with Gasteiger partial charge in [0.1, 0.15) is 0 Å². The van der Waals surface area contributed by atoms with Crippen molar-refractivity contribution in [3.05, 3.63) is 57.7 Å². The molecular formula is C14H14BrClN2S. The van der Waals surface area contributed by atoms with Gasteiger partial charge in [-0.25, -0.2) is 4.98 Å². The maximum atomic E-state index is 6.09. The molecule has 0 radical (unpaired) electrons. The molecule has 1 aromatic heterocycles. The maximum Gasteiger partial charge on any atom is 0.0967 e. The predicted molar refractivity (Wildman–Crippen MR) is 85.6 cm³/mol. The van der Waals surface area contributed by atoms with Gasteiger partial charge in [-0.2, -0.15) is 0 Å². The van der Waals surface area contributed by atoms with Gasteiger partial charge in [0.05, 0.1) is 10.3 Å². The summed E-state index contributed by atoms with van der Waals surface area (Å²) in [6, 6.07) is 11.8. The Kier molecular flexibility index (Phi) is 5.28. The molecule has 0 aliphatic carbocycles. The van der Waals surface area contributed by atoms with Gasteiger partial charge in [-0.1, -0.05) is 35.5 Å². The number of pyridine rings is 1. The Labute approximate surface area is 130 Å². The Morgan fingerprint density at radius 2 is 1.89 bits per heavy atom. The molecule has 0 bridgehead atoms. The van der Waals surface area contributed by atoms with Gasteiger partial charge in [-0.3, -0.25) is 0 Å². The van der Waals surface area contributed by atoms with E-state index < -0.39 is 0 Å². The van der Waals surface area contributed by atoms with E-state index in [-0.39, 0.29) is 11.3 Å². The van der Waals surface area contributed by atoms with Crippen LogP contribution in [0.2, 0.25) is 5.02 Å². The molecule has 0 saturated carbocycles. The topological polar surface area (TPSA) is 38.9 Å². The van der Waals surface area contributed by atoms with Gasteiger partial charge >= 0.3 is 0 Å². The predicted octanol–water partition coefficient (Wildman–Crippen LogP) is 4.68. The van der Waals surface area contributed by atoms with Crippen LogP contribution in [0, 0.1) is 0 Å². The van der Waals surface area contributed by atoms with Crippen molar-refractivity contribution in [1.29, 1.82) is 0 Å². The molecule has 2 aromatic rings. The number of benzene rings is 1. The van der Waals surface area contributed by atoms with Crippen LogP contribution in [0.5, 0.6) is 0 Å². The average Bonchev–Trinajstić information content (AvgIpc) is 2.39. The summed E-state index contributed by atoms with van der Waals surface area (Å²) in [6.45, 7) is 2.01. The number of nitrogens with zero attached hydrogens (tertiary/aromatic N) is 1. The van der Waals surface area contributed by atoms with Crippen molar-refractivity contribution < 1.29 is 0 Å². The highest BCUT2D eigenvalue weighted by Crippen LogP contribution is 2.36. The summed E-state index contributed by atoms with van der Waals surface area (Å²) in [7, 11) is 0. The molecule has 19 heavy (non-hydrogen) atoms. The second-order valence-corrected chi connectivity index (χ2v) is 6.78. The largest absolute Gasteiger partial charge is 0.327 e. The number of thioether (sulfide) groups is 1. The zero-order valence-corrected chi connectivity index (χ0v) is 13.5. The fraction of sp³-hybridized carbons (Fsp3) is 0.214. The van der Waals surface area contributed by atoms with Crippen molar-refractivity contribution in [2.45, 2.75) is 23.2 Å². The van der Waals surface area contributed by atoms with E-state index in [0.29, 0.717) is 0 Å². The van der Waals surface area contributed by atoms with Crippen molar-refractivity contribution in [2.24, 2.45) is 5.73 Å². The molecule has 2 rings (SSSR count). The molecule has 2 nitrogen and oxygen atoms in total. The third-order valence-electron chi connectivity index (χ3n) is 2.62. The summed E-state index contributed by atoms with van der Waals surface area (Å²) >= 11 is 11.0. The van der Waals surface area contributed by atoms with E-state index in [1.165, 1.54) is 0 Å². The summed E-state index contributed by atoms with van der Waals surface area (Å²) < 4.78 is 0.973. The Bertz CT molecular complexity index is 528. The van der Waals surface area contributed by atoms with Crippen molar-refractivity contribution in [2.75, 3.05) is 0 Å². The molecule has 0 amide bonds. The molecule has 0 aliphatic rings. The standard InChI is InChI=1S/C14H14BrClN2S/c1-9(17)14(10-2-5-12(16)6-3-10)19-13-7-4-11(15)8-18-13/h2-9,14H,17H2,1H3. The number of halogens is 2. The highest BCUT2D eigenvalue weighted by atomic mass is 79.9. The number of hydrogen-bond donors (Lipinski definition) is 1. The molecule has 0 spiro atoms. The normalized spacial score (nSPS) is 14.1. The van der Waals surface area contributed by atoms with Gasteiger partial charge in [0.2, 0.25) is 0 Å². The van der Waals surface area contributed by atoms with E-state index >= 15 is 0 Å². The highest BCUT2D eigenvalue weighted by molar-refractivity contribution is 9.10. The molecular weight excluding hydrogens is 344 g/mol. The highest BCUT2D eigenvalue weighted by Gasteiger charge is 2.18. The van der Waals surface area contributed by atoms with Crippen molar-refractivity contribution in [3.8, 4) is 0 Å². The molecule has 1 aromatic carbocycles. The fourth-order valence-electron chi connectivity index (χ4n) is 1.69. The van der Waals surface area contributed by atoms with E-state index in [2.05, 4.69) is 20.9 Å². The number of aromatic nitrogens is 1. The minimum absolute atomic E-state index is 0.0247. The third-order valence-corrected chi connectivity index (χ3v) is 4.78. The Balaban J connectivity index is 2.21.